The molecule has 2 aromatic heterocycles. The van der Waals surface area contributed by atoms with Crippen LogP contribution >= 0.6 is 95.6 Å². The van der Waals surface area contributed by atoms with E-state index in [1.165, 1.54) is 28.5 Å². The summed E-state index contributed by atoms with van der Waals surface area (Å²) in [5.41, 5.74) is 7.57. The van der Waals surface area contributed by atoms with Crippen molar-refractivity contribution < 1.29 is 75.3 Å². The number of ether oxygens (including phenoxy) is 2. The monoisotopic (exact) mass is 990 g/mol. The number of nitrogens with two attached hydrogens (primary N) is 1. The average molecular weight is 992 g/mol. The second-order valence-corrected chi connectivity index (χ2v) is 22.4. The van der Waals surface area contributed by atoms with Gasteiger partial charge < -0.3 is 34.2 Å². The minimum Gasteiger partial charge on any atom is -0.462 e. The van der Waals surface area contributed by atoms with Crippen LogP contribution in [0, 0.1) is 45.6 Å². The molecule has 0 aliphatic heterocycles. The zero-order chi connectivity index (χ0) is 41.2. The average Bonchev–Trinajstić information content (AvgIpc) is 3.57. The number of aromatic amines is 1. The van der Waals surface area contributed by atoms with Gasteiger partial charge in [-0.15, -0.1) is 35.1 Å². The Labute approximate surface area is 399 Å². The quantitative estimate of drug-likeness (QED) is 0.0659. The number of benzene rings is 3. The van der Waals surface area contributed by atoms with Gasteiger partial charge in [0.15, 0.2) is 7.91 Å². The minimum atomic E-state index is -4.12. The zero-order valence-corrected chi connectivity index (χ0v) is 39.8. The van der Waals surface area contributed by atoms with Gasteiger partial charge in [-0.2, -0.15) is 5.09 Å². The molecule has 5 N–H and O–H groups in total. The molecule has 0 spiro atoms. The van der Waals surface area contributed by atoms with Crippen LogP contribution in [-0.4, -0.2) is 57.3 Å². The van der Waals surface area contributed by atoms with E-state index in [1.54, 1.807) is 87.6 Å². The van der Waals surface area contributed by atoms with E-state index in [0.717, 1.165) is 13.4 Å². The molecule has 12 nitrogen and oxygen atoms in total. The van der Waals surface area contributed by atoms with Gasteiger partial charge in [0.05, 0.1) is 32.6 Å². The maximum absolute atomic E-state index is 11.8. The van der Waals surface area contributed by atoms with Crippen LogP contribution in [0.25, 0.3) is 20.4 Å². The number of carbonyl (C=O) groups is 2. The van der Waals surface area contributed by atoms with Crippen LogP contribution < -0.4 is 15.3 Å². The number of aromatic nitrogens is 2. The number of nitrogens with zero attached hydrogens (tertiary/aromatic N) is 1. The fourth-order valence-corrected chi connectivity index (χ4v) is 7.02. The Kier molecular flexibility index (Phi) is 32.0. The van der Waals surface area contributed by atoms with Crippen LogP contribution in [-0.2, 0) is 35.2 Å². The van der Waals surface area contributed by atoms with Crippen molar-refractivity contribution in [3.63, 3.8) is 0 Å². The van der Waals surface area contributed by atoms with Crippen molar-refractivity contribution >= 4 is 128 Å². The third-order valence-corrected chi connectivity index (χ3v) is 9.71. The summed E-state index contributed by atoms with van der Waals surface area (Å²) in [6.07, 6.45) is -0.353. The molecule has 22 heteroatoms. The molecule has 0 amide bonds. The fraction of sp³-hybridized carbons (Fsp3) is 0.371. The van der Waals surface area contributed by atoms with Gasteiger partial charge in [0, 0.05) is 51.5 Å². The molecule has 0 radical (unpaired) electrons. The van der Waals surface area contributed by atoms with Crippen molar-refractivity contribution in [3.05, 3.63) is 86.8 Å². The predicted octanol–water partition coefficient (Wildman–Crippen LogP) is 11.7. The summed E-state index contributed by atoms with van der Waals surface area (Å²) in [6.45, 7) is 11.3. The number of para-hydroxylation sites is 3. The molecular formula is C35H51ArCl3N4O8P2S4. The minimum absolute atomic E-state index is 0. The van der Waals surface area contributed by atoms with E-state index in [1.807, 2.05) is 41.9 Å². The van der Waals surface area contributed by atoms with Crippen molar-refractivity contribution in [1.29, 1.82) is 0 Å². The van der Waals surface area contributed by atoms with E-state index in [9.17, 15) is 23.6 Å². The van der Waals surface area contributed by atoms with Crippen LogP contribution in [0.5, 0.6) is 5.75 Å². The van der Waals surface area contributed by atoms with Gasteiger partial charge in [-0.1, -0.05) is 49.9 Å². The van der Waals surface area contributed by atoms with Crippen LogP contribution in [0.15, 0.2) is 78.9 Å². The Bertz CT molecular complexity index is 2090. The van der Waals surface area contributed by atoms with Crippen LogP contribution in [0.1, 0.15) is 49.0 Å². The summed E-state index contributed by atoms with van der Waals surface area (Å²) in [4.78, 5) is 34.8. The van der Waals surface area contributed by atoms with E-state index in [2.05, 4.69) is 28.3 Å². The Morgan fingerprint density at radius 1 is 0.842 bits per heavy atom. The molecular weight excluding hydrogens is 941 g/mol. The van der Waals surface area contributed by atoms with Gasteiger partial charge in [0.25, 0.3) is 0 Å². The first-order valence-corrected chi connectivity index (χ1v) is 24.1. The summed E-state index contributed by atoms with van der Waals surface area (Å²) < 4.78 is 42.4. The Morgan fingerprint density at radius 2 is 1.30 bits per heavy atom. The number of fused-ring (bicyclic) bond motifs is 2. The summed E-state index contributed by atoms with van der Waals surface area (Å²) in [5.74, 6) is -3.41. The summed E-state index contributed by atoms with van der Waals surface area (Å²) in [7, 11) is -2.12. The third kappa shape index (κ3) is 27.5. The van der Waals surface area contributed by atoms with Gasteiger partial charge >= 0.3 is 19.7 Å². The second kappa shape index (κ2) is 30.2. The molecule has 5 aromatic rings. The standard InChI is InChI=1S/C12H18NO5P.C8H7NS2.C7H5NS2.C6H13NO2.CH3Cl2OP.CH4.Ar.ClH/c1-9(2)17-12(14)10(3)13-19(15,16)18-11-7-5-4-6-8-11;1-9-6-4-2-3-5-7(6)11-8(9)10;9-7-8-5-3-1-2-4-6(5)10-7;1-4(2)9-6(8)5(3)7;1-5(2,3)4;;;/h4-10H,1-3H3,(H2,13,15,16);2-5H,1H3;1-4H,(H,8,9);4-5H,7H2,1-3H3;1H3;1H4;;1H/t10-;;;5-;;;;/m0..0..../s1. The predicted molar refractivity (Wildman–Crippen MR) is 243 cm³/mol. The first-order valence-electron chi connectivity index (χ1n) is 16.1. The molecule has 0 saturated heterocycles. The number of hydrogen-bond acceptors (Lipinski definition) is 12. The van der Waals surface area contributed by atoms with Gasteiger partial charge in [-0.25, -0.2) is 4.57 Å². The van der Waals surface area contributed by atoms with Crippen molar-refractivity contribution in [3.8, 4) is 5.75 Å². The van der Waals surface area contributed by atoms with Crippen LogP contribution in [0.3, 0.4) is 0 Å². The Hall–Kier alpha value is -0.910. The number of hydrogen-bond donors (Lipinski definition) is 4. The topological polar surface area (TPSA) is 175 Å². The SMILES string of the molecule is C.CC(C)OC(=O)[C@H](C)N.CC(C)OC(=O)[C@H](C)NP(=O)(O)Oc1ccccc1.CP(=O)(Cl)Cl.Cl.Cn1c(=S)sc2ccccc21.S=c1[nH]c2ccccc2s1.[Ar]. The van der Waals surface area contributed by atoms with Crippen LogP contribution in [0.2, 0.25) is 0 Å². The van der Waals surface area contributed by atoms with Crippen molar-refractivity contribution in [1.82, 2.24) is 14.6 Å². The number of aryl methyl sites for hydroxylation is 1. The summed E-state index contributed by atoms with van der Waals surface area (Å²) in [6, 6.07) is 23.1. The first kappa shape index (κ1) is 60.4. The van der Waals surface area contributed by atoms with E-state index in [4.69, 9.17) is 66.6 Å². The number of nitrogens with one attached hydrogen (secondary N) is 2. The molecule has 2 heterocycles. The molecule has 3 aromatic carbocycles. The molecule has 0 aliphatic rings. The molecule has 322 valence electrons. The second-order valence-electron chi connectivity index (χ2n) is 11.7. The Balaban J connectivity index is -0.000000669. The Morgan fingerprint density at radius 3 is 1.75 bits per heavy atom. The third-order valence-electron chi connectivity index (χ3n) is 5.78. The number of carbonyl (C=O) groups excluding carboxylic acids is 2. The number of halogens is 3. The number of thiazole rings is 2. The molecule has 57 heavy (non-hydrogen) atoms. The maximum atomic E-state index is 11.8. The van der Waals surface area contributed by atoms with Crippen molar-refractivity contribution in [2.45, 2.75) is 73.3 Å². The molecule has 1 unspecified atom stereocenters. The molecule has 5 rings (SSSR count). The van der Waals surface area contributed by atoms with Crippen molar-refractivity contribution in [2.75, 3.05) is 6.66 Å². The first-order chi connectivity index (χ1) is 25.0. The van der Waals surface area contributed by atoms with E-state index in [0.29, 0.717) is 0 Å². The van der Waals surface area contributed by atoms with Crippen LogP contribution in [0.4, 0.5) is 0 Å². The smallest absolute Gasteiger partial charge is 0.456 e. The van der Waals surface area contributed by atoms with Gasteiger partial charge in [0.1, 0.15) is 17.8 Å². The van der Waals surface area contributed by atoms with E-state index >= 15 is 0 Å². The maximum Gasteiger partial charge on any atom is 0.456 e. The van der Waals surface area contributed by atoms with Gasteiger partial charge in [0.2, 0.25) is 5.85 Å². The van der Waals surface area contributed by atoms with E-state index in [-0.39, 0.29) is 81.5 Å². The van der Waals surface area contributed by atoms with E-state index < -0.39 is 31.6 Å². The van der Waals surface area contributed by atoms with Crippen molar-refractivity contribution in [2.24, 2.45) is 12.8 Å². The van der Waals surface area contributed by atoms with Gasteiger partial charge in [-0.05, 0) is 125 Å². The molecule has 0 saturated carbocycles. The number of esters is 2. The molecule has 0 bridgehead atoms. The molecule has 0 aliphatic carbocycles. The number of rotatable bonds is 8. The molecule has 0 fully saturated rings. The fourth-order valence-electron chi connectivity index (χ4n) is 3.60. The molecule has 3 atom stereocenters. The van der Waals surface area contributed by atoms with Gasteiger partial charge in [-0.3, -0.25) is 14.2 Å². The summed E-state index contributed by atoms with van der Waals surface area (Å²) >= 11 is 23.1. The number of H-pyrrole nitrogens is 1. The normalized spacial score (nSPS) is 12.2. The summed E-state index contributed by atoms with van der Waals surface area (Å²) in [5, 5.41) is 2.22. The zero-order valence-electron chi connectivity index (χ0n) is 31.7. The largest absolute Gasteiger partial charge is 0.462 e.